The smallest absolute Gasteiger partial charge is 0.147 e. The quantitative estimate of drug-likeness (QED) is 0.858. The van der Waals surface area contributed by atoms with E-state index in [1.54, 1.807) is 0 Å². The lowest BCUT2D eigenvalue weighted by molar-refractivity contribution is 0.125. The van der Waals surface area contributed by atoms with E-state index in [1.165, 1.54) is 19.3 Å². The van der Waals surface area contributed by atoms with Crippen LogP contribution >= 0.6 is 0 Å². The number of rotatable bonds is 3. The fourth-order valence-electron chi connectivity index (χ4n) is 2.76. The van der Waals surface area contributed by atoms with Crippen molar-refractivity contribution in [3.05, 3.63) is 18.1 Å². The van der Waals surface area contributed by atoms with E-state index in [0.717, 1.165) is 24.4 Å². The van der Waals surface area contributed by atoms with Crippen LogP contribution in [0.15, 0.2) is 12.4 Å². The van der Waals surface area contributed by atoms with Crippen molar-refractivity contribution in [1.82, 2.24) is 15.3 Å². The molecule has 19 heavy (non-hydrogen) atoms. The van der Waals surface area contributed by atoms with Crippen molar-refractivity contribution in [2.75, 3.05) is 18.5 Å². The van der Waals surface area contributed by atoms with Crippen LogP contribution < -0.4 is 10.2 Å². The van der Waals surface area contributed by atoms with Gasteiger partial charge in [0, 0.05) is 19.6 Å². The van der Waals surface area contributed by atoms with Gasteiger partial charge in [0.2, 0.25) is 0 Å². The fourth-order valence-corrected chi connectivity index (χ4v) is 2.76. The van der Waals surface area contributed by atoms with Crippen molar-refractivity contribution < 1.29 is 5.11 Å². The normalized spacial score (nSPS) is 27.9. The number of nitrogens with zero attached hydrogens (tertiary/aromatic N) is 3. The van der Waals surface area contributed by atoms with Crippen LogP contribution in [0.25, 0.3) is 0 Å². The Morgan fingerprint density at radius 3 is 2.74 bits per heavy atom. The predicted octanol–water partition coefficient (Wildman–Crippen LogP) is 1.25. The first-order valence-electron chi connectivity index (χ1n) is 7.20. The maximum Gasteiger partial charge on any atom is 0.147 e. The Labute approximate surface area is 114 Å². The Morgan fingerprint density at radius 1 is 1.26 bits per heavy atom. The fraction of sp³-hybridized carbons (Fsp3) is 0.714. The molecule has 1 saturated carbocycles. The van der Waals surface area contributed by atoms with Crippen molar-refractivity contribution in [2.24, 2.45) is 0 Å². The highest BCUT2D eigenvalue weighted by atomic mass is 16.3. The molecule has 0 aromatic carbocycles. The number of aromatic nitrogens is 2. The van der Waals surface area contributed by atoms with Gasteiger partial charge in [0.25, 0.3) is 0 Å². The average molecular weight is 262 g/mol. The van der Waals surface area contributed by atoms with Crippen LogP contribution in [0.4, 0.5) is 5.82 Å². The molecule has 2 atom stereocenters. The number of anilines is 1. The van der Waals surface area contributed by atoms with Gasteiger partial charge in [-0.15, -0.1) is 0 Å². The summed E-state index contributed by atoms with van der Waals surface area (Å²) in [5.41, 5.74) is 0.996. The van der Waals surface area contributed by atoms with E-state index >= 15 is 0 Å². The Morgan fingerprint density at radius 2 is 2.11 bits per heavy atom. The molecule has 2 heterocycles. The second-order valence-electron chi connectivity index (χ2n) is 5.69. The number of β-amino-alcohol motifs (C(OH)–C–C–N with tert-alkyl or cyclic N) is 1. The minimum Gasteiger partial charge on any atom is -0.392 e. The summed E-state index contributed by atoms with van der Waals surface area (Å²) in [6.45, 7) is 0.648. The molecule has 1 aliphatic heterocycles. The maximum atomic E-state index is 9.52. The highest BCUT2D eigenvalue weighted by molar-refractivity contribution is 5.37. The first-order valence-corrected chi connectivity index (χ1v) is 7.20. The first-order chi connectivity index (χ1) is 9.24. The van der Waals surface area contributed by atoms with Crippen LogP contribution in [-0.2, 0) is 0 Å². The van der Waals surface area contributed by atoms with Crippen LogP contribution in [0.1, 0.15) is 43.8 Å². The summed E-state index contributed by atoms with van der Waals surface area (Å²) in [6.07, 6.45) is 9.07. The van der Waals surface area contributed by atoms with Crippen LogP contribution in [0.5, 0.6) is 0 Å². The van der Waals surface area contributed by atoms with E-state index in [0.29, 0.717) is 12.6 Å². The zero-order chi connectivity index (χ0) is 13.2. The first kappa shape index (κ1) is 12.8. The Kier molecular flexibility index (Phi) is 3.66. The lowest BCUT2D eigenvalue weighted by Gasteiger charge is -2.35. The number of aliphatic hydroxyl groups excluding tert-OH is 1. The van der Waals surface area contributed by atoms with Gasteiger partial charge in [-0.05, 0) is 32.1 Å². The van der Waals surface area contributed by atoms with Gasteiger partial charge >= 0.3 is 0 Å². The molecule has 3 rings (SSSR count). The maximum absolute atomic E-state index is 9.52. The molecule has 5 heteroatoms. The molecule has 0 amide bonds. The zero-order valence-corrected chi connectivity index (χ0v) is 11.4. The van der Waals surface area contributed by atoms with Crippen molar-refractivity contribution >= 4 is 5.82 Å². The largest absolute Gasteiger partial charge is 0.392 e. The van der Waals surface area contributed by atoms with Crippen LogP contribution in [0.3, 0.4) is 0 Å². The summed E-state index contributed by atoms with van der Waals surface area (Å²) in [7, 11) is 2.11. The summed E-state index contributed by atoms with van der Waals surface area (Å²) >= 11 is 0. The number of nitrogens with one attached hydrogen (secondary N) is 1. The molecule has 1 aromatic rings. The van der Waals surface area contributed by atoms with Gasteiger partial charge in [-0.2, -0.15) is 0 Å². The van der Waals surface area contributed by atoms with Crippen LogP contribution in [0.2, 0.25) is 0 Å². The van der Waals surface area contributed by atoms with E-state index in [1.807, 2.05) is 12.4 Å². The third kappa shape index (κ3) is 2.72. The topological polar surface area (TPSA) is 61.3 Å². The van der Waals surface area contributed by atoms with Crippen molar-refractivity contribution in [3.63, 3.8) is 0 Å². The minimum atomic E-state index is -0.218. The third-order valence-corrected chi connectivity index (χ3v) is 4.37. The summed E-state index contributed by atoms with van der Waals surface area (Å²) in [4.78, 5) is 11.3. The van der Waals surface area contributed by atoms with Crippen LogP contribution in [-0.4, -0.2) is 40.8 Å². The van der Waals surface area contributed by atoms with E-state index in [2.05, 4.69) is 22.2 Å². The zero-order valence-electron chi connectivity index (χ0n) is 11.4. The van der Waals surface area contributed by atoms with Crippen molar-refractivity contribution in [3.8, 4) is 0 Å². The monoisotopic (exact) mass is 262 g/mol. The van der Waals surface area contributed by atoms with E-state index in [4.69, 9.17) is 4.98 Å². The molecule has 1 aromatic heterocycles. The Bertz CT molecular complexity index is 427. The van der Waals surface area contributed by atoms with Gasteiger partial charge in [0.15, 0.2) is 0 Å². The molecular formula is C14H22N4O. The second-order valence-corrected chi connectivity index (χ2v) is 5.69. The highest BCUT2D eigenvalue weighted by Crippen LogP contribution is 2.28. The van der Waals surface area contributed by atoms with Gasteiger partial charge in [-0.1, -0.05) is 0 Å². The van der Waals surface area contributed by atoms with E-state index < -0.39 is 0 Å². The molecular weight excluding hydrogens is 240 g/mol. The lowest BCUT2D eigenvalue weighted by atomic mass is 9.92. The standard InChI is InChI=1S/C14H22N4O/c1-18(10-3-2-4-10)14-9-15-8-13(17-14)12-6-5-11(19)7-16-12/h8-12,16,19H,2-7H2,1H3. The number of aliphatic hydroxyl groups is 1. The number of piperidine rings is 1. The molecule has 0 radical (unpaired) electrons. The van der Waals surface area contributed by atoms with Crippen LogP contribution in [0, 0.1) is 0 Å². The third-order valence-electron chi connectivity index (χ3n) is 4.37. The molecule has 1 aliphatic carbocycles. The molecule has 5 nitrogen and oxygen atoms in total. The SMILES string of the molecule is CN(c1cncc(C2CCC(O)CN2)n1)C1CCC1. The lowest BCUT2D eigenvalue weighted by Crippen LogP contribution is -2.39. The molecule has 2 fully saturated rings. The Hall–Kier alpha value is -1.20. The summed E-state index contributed by atoms with van der Waals surface area (Å²) < 4.78 is 0. The van der Waals surface area contributed by atoms with E-state index in [-0.39, 0.29) is 12.1 Å². The highest BCUT2D eigenvalue weighted by Gasteiger charge is 2.25. The second kappa shape index (κ2) is 5.43. The van der Waals surface area contributed by atoms with Gasteiger partial charge < -0.3 is 15.3 Å². The van der Waals surface area contributed by atoms with Gasteiger partial charge in [0.1, 0.15) is 5.82 Å². The minimum absolute atomic E-state index is 0.218. The van der Waals surface area contributed by atoms with Gasteiger partial charge in [0.05, 0.1) is 30.2 Å². The van der Waals surface area contributed by atoms with Crippen molar-refractivity contribution in [1.29, 1.82) is 0 Å². The van der Waals surface area contributed by atoms with Crippen molar-refractivity contribution in [2.45, 2.75) is 50.3 Å². The average Bonchev–Trinajstić information content (AvgIpc) is 2.38. The number of hydrogen-bond acceptors (Lipinski definition) is 5. The Balaban J connectivity index is 1.72. The predicted molar refractivity (Wildman–Crippen MR) is 74.1 cm³/mol. The molecule has 0 spiro atoms. The molecule has 2 unspecified atom stereocenters. The van der Waals surface area contributed by atoms with Gasteiger partial charge in [-0.25, -0.2) is 4.98 Å². The molecule has 104 valence electrons. The van der Waals surface area contributed by atoms with Gasteiger partial charge in [-0.3, -0.25) is 4.98 Å². The summed E-state index contributed by atoms with van der Waals surface area (Å²) in [5, 5.41) is 12.9. The molecule has 0 bridgehead atoms. The number of hydrogen-bond donors (Lipinski definition) is 2. The van der Waals surface area contributed by atoms with E-state index in [9.17, 15) is 5.11 Å². The molecule has 2 aliphatic rings. The molecule has 2 N–H and O–H groups in total. The summed E-state index contributed by atoms with van der Waals surface area (Å²) in [5.74, 6) is 0.968. The molecule has 1 saturated heterocycles. The summed E-state index contributed by atoms with van der Waals surface area (Å²) in [6, 6.07) is 0.858.